The molecule has 0 saturated heterocycles. The summed E-state index contributed by atoms with van der Waals surface area (Å²) in [6.45, 7) is 0. The Morgan fingerprint density at radius 1 is 1.12 bits per heavy atom. The van der Waals surface area contributed by atoms with Gasteiger partial charge in [-0.05, 0) is 29.8 Å². The zero-order valence-electron chi connectivity index (χ0n) is 12.9. The molecule has 0 radical (unpaired) electrons. The SMILES string of the molecule is N#Cc1cnn(-c2ccc(S(N)(=O)=O)cc2)c1/N=C/c1ccccc1. The summed E-state index contributed by atoms with van der Waals surface area (Å²) in [5.41, 5.74) is 1.75. The number of rotatable bonds is 4. The quantitative estimate of drug-likeness (QED) is 0.725. The number of aromatic nitrogens is 2. The van der Waals surface area contributed by atoms with Crippen molar-refractivity contribution in [2.24, 2.45) is 10.1 Å². The molecule has 2 aromatic carbocycles. The van der Waals surface area contributed by atoms with E-state index in [0.717, 1.165) is 5.56 Å². The molecule has 0 spiro atoms. The van der Waals surface area contributed by atoms with Crippen molar-refractivity contribution in [1.82, 2.24) is 9.78 Å². The molecule has 0 bridgehead atoms. The van der Waals surface area contributed by atoms with E-state index in [9.17, 15) is 13.7 Å². The smallest absolute Gasteiger partial charge is 0.235 e. The number of primary sulfonamides is 1. The van der Waals surface area contributed by atoms with Gasteiger partial charge in [0.2, 0.25) is 10.0 Å². The number of hydrogen-bond acceptors (Lipinski definition) is 5. The van der Waals surface area contributed by atoms with Crippen LogP contribution in [0.4, 0.5) is 5.82 Å². The van der Waals surface area contributed by atoms with Gasteiger partial charge in [-0.15, -0.1) is 0 Å². The Balaban J connectivity index is 2.02. The molecule has 2 N–H and O–H groups in total. The summed E-state index contributed by atoms with van der Waals surface area (Å²) in [7, 11) is -3.77. The van der Waals surface area contributed by atoms with Gasteiger partial charge in [0.05, 0.1) is 16.8 Å². The van der Waals surface area contributed by atoms with Gasteiger partial charge in [0.1, 0.15) is 11.6 Å². The highest BCUT2D eigenvalue weighted by molar-refractivity contribution is 7.89. The van der Waals surface area contributed by atoms with Crippen molar-refractivity contribution in [1.29, 1.82) is 5.26 Å². The molecule has 3 aromatic rings. The monoisotopic (exact) mass is 351 g/mol. The Labute approximate surface area is 144 Å². The Bertz CT molecular complexity index is 1060. The Morgan fingerprint density at radius 3 is 2.40 bits per heavy atom. The molecule has 25 heavy (non-hydrogen) atoms. The van der Waals surface area contributed by atoms with Crippen LogP contribution in [0, 0.1) is 11.3 Å². The maximum atomic E-state index is 11.3. The standard InChI is InChI=1S/C17H13N5O2S/c18-10-14-12-21-22(15-6-8-16(9-7-15)25(19,23)24)17(14)20-11-13-4-2-1-3-5-13/h1-9,11-12H,(H2,19,23,24)/b20-11+. The zero-order chi connectivity index (χ0) is 17.9. The van der Waals surface area contributed by atoms with Crippen LogP contribution in [-0.2, 0) is 10.0 Å². The van der Waals surface area contributed by atoms with E-state index >= 15 is 0 Å². The first kappa shape index (κ1) is 16.6. The van der Waals surface area contributed by atoms with E-state index in [2.05, 4.69) is 10.1 Å². The van der Waals surface area contributed by atoms with Crippen LogP contribution in [-0.4, -0.2) is 24.4 Å². The first-order valence-electron chi connectivity index (χ1n) is 7.19. The average molecular weight is 351 g/mol. The molecule has 0 atom stereocenters. The van der Waals surface area contributed by atoms with Crippen LogP contribution in [0.25, 0.3) is 5.69 Å². The molecule has 0 aliphatic heterocycles. The number of hydrogen-bond donors (Lipinski definition) is 1. The Hall–Kier alpha value is -3.28. The van der Waals surface area contributed by atoms with Crippen LogP contribution >= 0.6 is 0 Å². The minimum atomic E-state index is -3.77. The van der Waals surface area contributed by atoms with Crippen LogP contribution in [0.3, 0.4) is 0 Å². The van der Waals surface area contributed by atoms with E-state index in [1.54, 1.807) is 18.3 Å². The van der Waals surface area contributed by atoms with E-state index in [1.807, 2.05) is 36.4 Å². The topological polar surface area (TPSA) is 114 Å². The lowest BCUT2D eigenvalue weighted by Gasteiger charge is -2.05. The molecule has 0 amide bonds. The first-order valence-corrected chi connectivity index (χ1v) is 8.74. The van der Waals surface area contributed by atoms with Crippen molar-refractivity contribution in [3.63, 3.8) is 0 Å². The van der Waals surface area contributed by atoms with Crippen LogP contribution in [0.15, 0.2) is 70.7 Å². The predicted octanol–water partition coefficient (Wildman–Crippen LogP) is 2.14. The lowest BCUT2D eigenvalue weighted by molar-refractivity contribution is 0.598. The third kappa shape index (κ3) is 3.63. The first-order chi connectivity index (χ1) is 12.0. The van der Waals surface area contributed by atoms with Crippen molar-refractivity contribution in [2.45, 2.75) is 4.90 Å². The second-order valence-electron chi connectivity index (χ2n) is 5.11. The normalized spacial score (nSPS) is 11.5. The Kier molecular flexibility index (Phi) is 4.43. The fourth-order valence-electron chi connectivity index (χ4n) is 2.19. The highest BCUT2D eigenvalue weighted by atomic mass is 32.2. The van der Waals surface area contributed by atoms with Crippen LogP contribution in [0.2, 0.25) is 0 Å². The van der Waals surface area contributed by atoms with Crippen molar-refractivity contribution in [3.05, 3.63) is 71.9 Å². The van der Waals surface area contributed by atoms with E-state index in [-0.39, 0.29) is 4.90 Å². The van der Waals surface area contributed by atoms with E-state index in [1.165, 1.54) is 23.0 Å². The number of aliphatic imine (C=N–C) groups is 1. The summed E-state index contributed by atoms with van der Waals surface area (Å²) in [4.78, 5) is 4.36. The van der Waals surface area contributed by atoms with Crippen molar-refractivity contribution in [3.8, 4) is 11.8 Å². The molecule has 7 nitrogen and oxygen atoms in total. The molecular formula is C17H13N5O2S. The average Bonchev–Trinajstić information content (AvgIpc) is 3.03. The Morgan fingerprint density at radius 2 is 1.80 bits per heavy atom. The molecule has 1 heterocycles. The zero-order valence-corrected chi connectivity index (χ0v) is 13.8. The number of nitrogens with two attached hydrogens (primary N) is 1. The second-order valence-corrected chi connectivity index (χ2v) is 6.67. The molecular weight excluding hydrogens is 338 g/mol. The molecule has 3 rings (SSSR count). The maximum absolute atomic E-state index is 11.3. The number of nitriles is 1. The van der Waals surface area contributed by atoms with Gasteiger partial charge in [0, 0.05) is 6.21 Å². The van der Waals surface area contributed by atoms with Gasteiger partial charge in [0.25, 0.3) is 0 Å². The van der Waals surface area contributed by atoms with E-state index in [4.69, 9.17) is 5.14 Å². The number of sulfonamides is 1. The summed E-state index contributed by atoms with van der Waals surface area (Å²) in [5, 5.41) is 18.5. The lowest BCUT2D eigenvalue weighted by atomic mass is 10.2. The third-order valence-corrected chi connectivity index (χ3v) is 4.34. The fourth-order valence-corrected chi connectivity index (χ4v) is 2.70. The summed E-state index contributed by atoms with van der Waals surface area (Å²) < 4.78 is 24.2. The molecule has 0 unspecified atom stereocenters. The van der Waals surface area contributed by atoms with Crippen LogP contribution < -0.4 is 5.14 Å². The summed E-state index contributed by atoms with van der Waals surface area (Å²) >= 11 is 0. The maximum Gasteiger partial charge on any atom is 0.238 e. The van der Waals surface area contributed by atoms with Gasteiger partial charge in [-0.25, -0.2) is 23.2 Å². The molecule has 0 aliphatic rings. The summed E-state index contributed by atoms with van der Waals surface area (Å²) in [6, 6.07) is 17.3. The molecule has 8 heteroatoms. The van der Waals surface area contributed by atoms with Crippen LogP contribution in [0.5, 0.6) is 0 Å². The minimum absolute atomic E-state index is 0.00162. The molecule has 0 fully saturated rings. The highest BCUT2D eigenvalue weighted by Crippen LogP contribution is 2.23. The lowest BCUT2D eigenvalue weighted by Crippen LogP contribution is -2.12. The van der Waals surface area contributed by atoms with Gasteiger partial charge in [-0.2, -0.15) is 10.4 Å². The largest absolute Gasteiger partial charge is 0.238 e. The predicted molar refractivity (Wildman–Crippen MR) is 93.3 cm³/mol. The van der Waals surface area contributed by atoms with Crippen molar-refractivity contribution < 1.29 is 8.42 Å². The highest BCUT2D eigenvalue weighted by Gasteiger charge is 2.13. The molecule has 0 saturated carbocycles. The van der Waals surface area contributed by atoms with Crippen molar-refractivity contribution in [2.75, 3.05) is 0 Å². The molecule has 0 aliphatic carbocycles. The van der Waals surface area contributed by atoms with E-state index in [0.29, 0.717) is 17.1 Å². The van der Waals surface area contributed by atoms with Gasteiger partial charge in [0.15, 0.2) is 5.82 Å². The van der Waals surface area contributed by atoms with Gasteiger partial charge in [-0.3, -0.25) is 0 Å². The number of benzene rings is 2. The number of nitrogens with zero attached hydrogens (tertiary/aromatic N) is 4. The van der Waals surface area contributed by atoms with Gasteiger partial charge < -0.3 is 0 Å². The molecule has 124 valence electrons. The third-order valence-electron chi connectivity index (χ3n) is 3.41. The van der Waals surface area contributed by atoms with Gasteiger partial charge >= 0.3 is 0 Å². The summed E-state index contributed by atoms with van der Waals surface area (Å²) in [5.74, 6) is 0.356. The van der Waals surface area contributed by atoms with Gasteiger partial charge in [-0.1, -0.05) is 30.3 Å². The van der Waals surface area contributed by atoms with Crippen molar-refractivity contribution >= 4 is 22.1 Å². The minimum Gasteiger partial charge on any atom is -0.235 e. The summed E-state index contributed by atoms with van der Waals surface area (Å²) in [6.07, 6.45) is 3.04. The second kappa shape index (κ2) is 6.68. The fraction of sp³-hybridized carbons (Fsp3) is 0. The van der Waals surface area contributed by atoms with E-state index < -0.39 is 10.0 Å². The van der Waals surface area contributed by atoms with Crippen LogP contribution in [0.1, 0.15) is 11.1 Å². The molecule has 1 aromatic heterocycles.